The number of hydrogen-bond donors (Lipinski definition) is 1. The Hall–Kier alpha value is -2.38. The van der Waals surface area contributed by atoms with E-state index in [-0.39, 0.29) is 24.2 Å². The number of likely N-dealkylation sites (N-methyl/N-ethyl adjacent to an activating group) is 1. The van der Waals surface area contributed by atoms with Gasteiger partial charge in [0.2, 0.25) is 11.8 Å². The fourth-order valence-corrected chi connectivity index (χ4v) is 3.71. The molecule has 2 aromatic carbocycles. The van der Waals surface area contributed by atoms with Crippen LogP contribution < -0.4 is 15.0 Å². The average molecular weight is 460 g/mol. The molecule has 6 nitrogen and oxygen atoms in total. The molecule has 1 heterocycles. The second-order valence-electron chi connectivity index (χ2n) is 7.37. The maximum atomic E-state index is 12.6. The molecule has 0 spiro atoms. The second-order valence-corrected chi connectivity index (χ2v) is 8.23. The molecule has 1 N–H and O–H groups in total. The fraction of sp³-hybridized carbons (Fsp3) is 0.364. The first-order valence-electron chi connectivity index (χ1n) is 9.63. The van der Waals surface area contributed by atoms with Gasteiger partial charge in [0.1, 0.15) is 12.4 Å². The fourth-order valence-electron chi connectivity index (χ4n) is 3.21. The molecule has 1 saturated heterocycles. The number of amides is 2. The maximum Gasteiger partial charge on any atom is 0.227 e. The summed E-state index contributed by atoms with van der Waals surface area (Å²) in [5.41, 5.74) is 1.77. The SMILES string of the molecule is CN(C)CCOc1cccc(CNC(=O)C2CC(=O)N(c3ccccc3Br)C2)c1. The molecule has 0 radical (unpaired) electrons. The zero-order chi connectivity index (χ0) is 20.8. The summed E-state index contributed by atoms with van der Waals surface area (Å²) >= 11 is 3.48. The molecule has 1 aliphatic rings. The zero-order valence-electron chi connectivity index (χ0n) is 16.7. The van der Waals surface area contributed by atoms with Crippen molar-refractivity contribution in [2.24, 2.45) is 5.92 Å². The third-order valence-corrected chi connectivity index (χ3v) is 5.48. The first-order chi connectivity index (χ1) is 13.9. The number of carbonyl (C=O) groups is 2. The van der Waals surface area contributed by atoms with E-state index in [2.05, 4.69) is 26.1 Å². The largest absolute Gasteiger partial charge is 0.492 e. The third kappa shape index (κ3) is 5.81. The zero-order valence-corrected chi connectivity index (χ0v) is 18.3. The number of ether oxygens (including phenoxy) is 1. The van der Waals surface area contributed by atoms with Gasteiger partial charge in [-0.2, -0.15) is 0 Å². The maximum absolute atomic E-state index is 12.6. The van der Waals surface area contributed by atoms with E-state index in [0.29, 0.717) is 19.7 Å². The van der Waals surface area contributed by atoms with E-state index in [1.165, 1.54) is 0 Å². The highest BCUT2D eigenvalue weighted by Gasteiger charge is 2.35. The number of nitrogens with one attached hydrogen (secondary N) is 1. The first-order valence-corrected chi connectivity index (χ1v) is 10.4. The number of halogens is 1. The number of hydrogen-bond acceptors (Lipinski definition) is 4. The molecule has 1 fully saturated rings. The molecule has 0 aromatic heterocycles. The van der Waals surface area contributed by atoms with Crippen LogP contribution >= 0.6 is 15.9 Å². The van der Waals surface area contributed by atoms with Crippen LogP contribution in [0.3, 0.4) is 0 Å². The molecule has 7 heteroatoms. The molecule has 2 amide bonds. The number of anilines is 1. The van der Waals surface area contributed by atoms with Crippen molar-refractivity contribution in [3.63, 3.8) is 0 Å². The van der Waals surface area contributed by atoms with Gasteiger partial charge in [0.15, 0.2) is 0 Å². The molecular weight excluding hydrogens is 434 g/mol. The predicted octanol–water partition coefficient (Wildman–Crippen LogP) is 3.06. The molecule has 1 unspecified atom stereocenters. The summed E-state index contributed by atoms with van der Waals surface area (Å²) in [5.74, 6) is 0.295. The van der Waals surface area contributed by atoms with Crippen LogP contribution in [0.5, 0.6) is 5.75 Å². The van der Waals surface area contributed by atoms with E-state index in [1.807, 2.05) is 62.6 Å². The smallest absolute Gasteiger partial charge is 0.227 e. The molecule has 0 saturated carbocycles. The van der Waals surface area contributed by atoms with Crippen LogP contribution in [-0.2, 0) is 16.1 Å². The lowest BCUT2D eigenvalue weighted by molar-refractivity contribution is -0.126. The van der Waals surface area contributed by atoms with Crippen LogP contribution in [0.1, 0.15) is 12.0 Å². The number of nitrogens with zero attached hydrogens (tertiary/aromatic N) is 2. The van der Waals surface area contributed by atoms with Gasteiger partial charge in [0.25, 0.3) is 0 Å². The summed E-state index contributed by atoms with van der Waals surface area (Å²) in [6, 6.07) is 15.3. The Labute approximate surface area is 180 Å². The highest BCUT2D eigenvalue weighted by molar-refractivity contribution is 9.10. The molecule has 154 valence electrons. The van der Waals surface area contributed by atoms with Crippen LogP contribution in [0, 0.1) is 5.92 Å². The van der Waals surface area contributed by atoms with Gasteiger partial charge < -0.3 is 19.9 Å². The van der Waals surface area contributed by atoms with Crippen molar-refractivity contribution in [1.82, 2.24) is 10.2 Å². The van der Waals surface area contributed by atoms with Gasteiger partial charge in [-0.1, -0.05) is 24.3 Å². The van der Waals surface area contributed by atoms with Crippen molar-refractivity contribution in [2.75, 3.05) is 38.7 Å². The Morgan fingerprint density at radius 2 is 2.03 bits per heavy atom. The quantitative estimate of drug-likeness (QED) is 0.658. The third-order valence-electron chi connectivity index (χ3n) is 4.81. The monoisotopic (exact) mass is 459 g/mol. The molecule has 3 rings (SSSR count). The van der Waals surface area contributed by atoms with Crippen molar-refractivity contribution in [3.8, 4) is 5.75 Å². The van der Waals surface area contributed by atoms with Gasteiger partial charge in [0.05, 0.1) is 11.6 Å². The number of rotatable bonds is 8. The Kier molecular flexibility index (Phi) is 7.28. The van der Waals surface area contributed by atoms with Gasteiger partial charge in [-0.05, 0) is 59.9 Å². The molecule has 29 heavy (non-hydrogen) atoms. The first kappa shape index (κ1) is 21.3. The molecule has 1 atom stereocenters. The number of para-hydroxylation sites is 1. The van der Waals surface area contributed by atoms with Crippen molar-refractivity contribution < 1.29 is 14.3 Å². The van der Waals surface area contributed by atoms with E-state index < -0.39 is 0 Å². The normalized spacial score (nSPS) is 16.3. The van der Waals surface area contributed by atoms with Crippen molar-refractivity contribution >= 4 is 33.4 Å². The molecule has 0 bridgehead atoms. The van der Waals surface area contributed by atoms with Crippen molar-refractivity contribution in [2.45, 2.75) is 13.0 Å². The van der Waals surface area contributed by atoms with E-state index in [9.17, 15) is 9.59 Å². The number of carbonyl (C=O) groups excluding carboxylic acids is 2. The summed E-state index contributed by atoms with van der Waals surface area (Å²) in [6.07, 6.45) is 0.223. The Morgan fingerprint density at radius 3 is 2.79 bits per heavy atom. The van der Waals surface area contributed by atoms with E-state index >= 15 is 0 Å². The highest BCUT2D eigenvalue weighted by atomic mass is 79.9. The van der Waals surface area contributed by atoms with Gasteiger partial charge in [-0.25, -0.2) is 0 Å². The Balaban J connectivity index is 1.54. The lowest BCUT2D eigenvalue weighted by Crippen LogP contribution is -2.32. The van der Waals surface area contributed by atoms with E-state index in [4.69, 9.17) is 4.74 Å². The van der Waals surface area contributed by atoms with Gasteiger partial charge in [-0.15, -0.1) is 0 Å². The predicted molar refractivity (Wildman–Crippen MR) is 117 cm³/mol. The van der Waals surface area contributed by atoms with Crippen LogP contribution in [-0.4, -0.2) is 50.5 Å². The van der Waals surface area contributed by atoms with Gasteiger partial charge >= 0.3 is 0 Å². The van der Waals surface area contributed by atoms with E-state index in [0.717, 1.165) is 28.0 Å². The summed E-state index contributed by atoms with van der Waals surface area (Å²) in [6.45, 7) is 2.24. The minimum Gasteiger partial charge on any atom is -0.492 e. The van der Waals surface area contributed by atoms with Crippen LogP contribution in [0.25, 0.3) is 0 Å². The summed E-state index contributed by atoms with van der Waals surface area (Å²) in [5, 5.41) is 2.96. The van der Waals surface area contributed by atoms with Crippen molar-refractivity contribution in [1.29, 1.82) is 0 Å². The summed E-state index contributed by atoms with van der Waals surface area (Å²) in [4.78, 5) is 28.8. The second kappa shape index (κ2) is 9.89. The minimum absolute atomic E-state index is 0.0339. The molecule has 2 aromatic rings. The van der Waals surface area contributed by atoms with Crippen LogP contribution in [0.2, 0.25) is 0 Å². The minimum atomic E-state index is -0.353. The van der Waals surface area contributed by atoms with Gasteiger partial charge in [0, 0.05) is 30.5 Å². The Bertz CT molecular complexity index is 872. The van der Waals surface area contributed by atoms with E-state index in [1.54, 1.807) is 4.90 Å². The molecular formula is C22H26BrN3O3. The van der Waals surface area contributed by atoms with Crippen molar-refractivity contribution in [3.05, 3.63) is 58.6 Å². The van der Waals surface area contributed by atoms with Gasteiger partial charge in [-0.3, -0.25) is 9.59 Å². The number of benzene rings is 2. The summed E-state index contributed by atoms with van der Waals surface area (Å²) < 4.78 is 6.59. The highest BCUT2D eigenvalue weighted by Crippen LogP contribution is 2.31. The summed E-state index contributed by atoms with van der Waals surface area (Å²) in [7, 11) is 4.00. The Morgan fingerprint density at radius 1 is 1.24 bits per heavy atom. The standard InChI is InChI=1S/C22H26BrN3O3/c1-25(2)10-11-29-18-7-5-6-16(12-18)14-24-22(28)17-13-21(27)26(15-17)20-9-4-3-8-19(20)23/h3-9,12,17H,10-11,13-15H2,1-2H3,(H,24,28). The lowest BCUT2D eigenvalue weighted by Gasteiger charge is -2.18. The lowest BCUT2D eigenvalue weighted by atomic mass is 10.1. The topological polar surface area (TPSA) is 61.9 Å². The average Bonchev–Trinajstić information content (AvgIpc) is 3.08. The van der Waals surface area contributed by atoms with Crippen LogP contribution in [0.15, 0.2) is 53.0 Å². The molecule has 0 aliphatic carbocycles. The molecule has 1 aliphatic heterocycles. The van der Waals surface area contributed by atoms with Crippen LogP contribution in [0.4, 0.5) is 5.69 Å².